The highest BCUT2D eigenvalue weighted by atomic mass is 32.1. The summed E-state index contributed by atoms with van der Waals surface area (Å²) in [6.45, 7) is 4.97. The second kappa shape index (κ2) is 9.37. The van der Waals surface area contributed by atoms with Crippen LogP contribution in [0, 0.1) is 0 Å². The molecule has 1 aliphatic rings. The molecule has 0 bridgehead atoms. The summed E-state index contributed by atoms with van der Waals surface area (Å²) >= 11 is 1.50. The zero-order valence-electron chi connectivity index (χ0n) is 16.8. The Balaban J connectivity index is 1.33. The second-order valence-electron chi connectivity index (χ2n) is 7.66. The molecule has 1 aromatic carbocycles. The zero-order valence-corrected chi connectivity index (χ0v) is 17.6. The minimum Gasteiger partial charge on any atom is -0.462 e. The van der Waals surface area contributed by atoms with E-state index in [1.807, 2.05) is 23.6 Å². The Kier molecular flexibility index (Phi) is 6.42. The number of carbonyl (C=O) groups is 1. The molecule has 0 unspecified atom stereocenters. The second-order valence-corrected chi connectivity index (χ2v) is 8.52. The molecular weight excluding hydrogens is 382 g/mol. The van der Waals surface area contributed by atoms with Crippen molar-refractivity contribution in [1.29, 1.82) is 0 Å². The van der Waals surface area contributed by atoms with Crippen molar-refractivity contribution in [2.45, 2.75) is 51.7 Å². The van der Waals surface area contributed by atoms with Gasteiger partial charge in [0.25, 0.3) is 0 Å². The van der Waals surface area contributed by atoms with Crippen LogP contribution in [0.15, 0.2) is 52.5 Å². The normalized spacial score (nSPS) is 17.3. The van der Waals surface area contributed by atoms with Crippen molar-refractivity contribution in [2.75, 3.05) is 6.54 Å². The molecule has 1 fully saturated rings. The fourth-order valence-electron chi connectivity index (χ4n) is 3.82. The van der Waals surface area contributed by atoms with Gasteiger partial charge in [-0.05, 0) is 49.6 Å². The molecule has 1 aliphatic heterocycles. The number of likely N-dealkylation sites (tertiary alicyclic amines) is 1. The number of nitrogens with one attached hydrogen (secondary N) is 1. The fraction of sp³-hybridized carbons (Fsp3) is 0.391. The molecule has 6 heteroatoms. The number of nitrogens with zero attached hydrogens (tertiary/aromatic N) is 2. The summed E-state index contributed by atoms with van der Waals surface area (Å²) in [6, 6.07) is 12.8. The Hall–Kier alpha value is -2.44. The van der Waals surface area contributed by atoms with Crippen LogP contribution in [0.4, 0.5) is 0 Å². The van der Waals surface area contributed by atoms with E-state index < -0.39 is 0 Å². The Bertz CT molecular complexity index is 935. The van der Waals surface area contributed by atoms with Gasteiger partial charge < -0.3 is 9.73 Å². The molecule has 1 saturated heterocycles. The average molecular weight is 410 g/mol. The maximum Gasteiger partial charge on any atom is 0.226 e. The highest BCUT2D eigenvalue weighted by molar-refractivity contribution is 7.13. The average Bonchev–Trinajstić information content (AvgIpc) is 3.41. The molecule has 0 spiro atoms. The monoisotopic (exact) mass is 409 g/mol. The summed E-state index contributed by atoms with van der Waals surface area (Å²) < 4.78 is 5.37. The van der Waals surface area contributed by atoms with E-state index in [1.54, 1.807) is 6.26 Å². The van der Waals surface area contributed by atoms with Crippen molar-refractivity contribution in [3.8, 4) is 10.8 Å². The van der Waals surface area contributed by atoms with Gasteiger partial charge in [0.2, 0.25) is 5.91 Å². The van der Waals surface area contributed by atoms with Crippen molar-refractivity contribution >= 4 is 17.2 Å². The number of benzene rings is 1. The number of aromatic nitrogens is 1. The Labute approximate surface area is 175 Å². The van der Waals surface area contributed by atoms with Crippen molar-refractivity contribution in [3.05, 3.63) is 64.9 Å². The Morgan fingerprint density at radius 1 is 1.24 bits per heavy atom. The van der Waals surface area contributed by atoms with Crippen LogP contribution in [0.3, 0.4) is 0 Å². The summed E-state index contributed by atoms with van der Waals surface area (Å²) in [5, 5.41) is 5.79. The third kappa shape index (κ3) is 5.14. The molecule has 1 atom stereocenters. The third-order valence-corrected chi connectivity index (χ3v) is 6.44. The summed E-state index contributed by atoms with van der Waals surface area (Å²) in [7, 11) is 0. The van der Waals surface area contributed by atoms with Crippen LogP contribution < -0.4 is 5.32 Å². The van der Waals surface area contributed by atoms with E-state index in [1.165, 1.54) is 41.7 Å². The highest BCUT2D eigenvalue weighted by Gasteiger charge is 2.19. The van der Waals surface area contributed by atoms with Crippen LogP contribution in [-0.4, -0.2) is 28.4 Å². The van der Waals surface area contributed by atoms with Crippen LogP contribution in [0.5, 0.6) is 0 Å². The number of amides is 1. The number of furan rings is 1. The lowest BCUT2D eigenvalue weighted by atomic mass is 10.0. The van der Waals surface area contributed by atoms with Gasteiger partial charge in [-0.3, -0.25) is 9.69 Å². The Morgan fingerprint density at radius 2 is 2.10 bits per heavy atom. The number of thiazole rings is 1. The molecule has 3 aromatic rings. The van der Waals surface area contributed by atoms with E-state index in [0.717, 1.165) is 29.6 Å². The quantitative estimate of drug-likeness (QED) is 0.618. The number of rotatable bonds is 7. The van der Waals surface area contributed by atoms with Crippen molar-refractivity contribution in [1.82, 2.24) is 15.2 Å². The van der Waals surface area contributed by atoms with E-state index in [9.17, 15) is 4.79 Å². The first-order valence-electron chi connectivity index (χ1n) is 10.2. The predicted molar refractivity (Wildman–Crippen MR) is 116 cm³/mol. The van der Waals surface area contributed by atoms with Crippen LogP contribution in [0.2, 0.25) is 0 Å². The topological polar surface area (TPSA) is 58.4 Å². The lowest BCUT2D eigenvalue weighted by Crippen LogP contribution is -2.37. The molecule has 1 N–H and O–H groups in total. The van der Waals surface area contributed by atoms with Gasteiger partial charge in [-0.15, -0.1) is 11.3 Å². The molecule has 4 rings (SSSR count). The van der Waals surface area contributed by atoms with E-state index in [-0.39, 0.29) is 12.3 Å². The molecule has 5 nitrogen and oxygen atoms in total. The molecule has 0 radical (unpaired) electrons. The molecular formula is C23H27N3O2S. The SMILES string of the molecule is C[C@@H]1CCCCN1Cc1ccccc1CNC(=O)Cc1csc(-c2ccco2)n1. The first-order valence-corrected chi connectivity index (χ1v) is 11.1. The van der Waals surface area contributed by atoms with Crippen LogP contribution in [0.25, 0.3) is 10.8 Å². The van der Waals surface area contributed by atoms with E-state index in [4.69, 9.17) is 4.42 Å². The lowest BCUT2D eigenvalue weighted by Gasteiger charge is -2.33. The summed E-state index contributed by atoms with van der Waals surface area (Å²) in [5.74, 6) is 0.727. The number of hydrogen-bond acceptors (Lipinski definition) is 5. The summed E-state index contributed by atoms with van der Waals surface area (Å²) in [6.07, 6.45) is 5.78. The minimum atomic E-state index is -0.0116. The van der Waals surface area contributed by atoms with E-state index in [2.05, 4.69) is 40.3 Å². The van der Waals surface area contributed by atoms with E-state index in [0.29, 0.717) is 12.6 Å². The largest absolute Gasteiger partial charge is 0.462 e. The summed E-state index contributed by atoms with van der Waals surface area (Å²) in [5.41, 5.74) is 3.26. The summed E-state index contributed by atoms with van der Waals surface area (Å²) in [4.78, 5) is 19.5. The molecule has 2 aromatic heterocycles. The highest BCUT2D eigenvalue weighted by Crippen LogP contribution is 2.24. The number of hydrogen-bond donors (Lipinski definition) is 1. The van der Waals surface area contributed by atoms with Gasteiger partial charge in [0.05, 0.1) is 18.4 Å². The fourth-order valence-corrected chi connectivity index (χ4v) is 4.60. The van der Waals surface area contributed by atoms with Crippen LogP contribution >= 0.6 is 11.3 Å². The van der Waals surface area contributed by atoms with Crippen LogP contribution in [0.1, 0.15) is 43.0 Å². The predicted octanol–water partition coefficient (Wildman–Crippen LogP) is 4.64. The molecule has 3 heterocycles. The maximum atomic E-state index is 12.5. The molecule has 1 amide bonds. The van der Waals surface area contributed by atoms with E-state index >= 15 is 0 Å². The van der Waals surface area contributed by atoms with Crippen molar-refractivity contribution < 1.29 is 9.21 Å². The lowest BCUT2D eigenvalue weighted by molar-refractivity contribution is -0.120. The van der Waals surface area contributed by atoms with Crippen molar-refractivity contribution in [2.24, 2.45) is 0 Å². The van der Waals surface area contributed by atoms with Gasteiger partial charge in [-0.2, -0.15) is 0 Å². The Morgan fingerprint density at radius 3 is 2.90 bits per heavy atom. The van der Waals surface area contributed by atoms with Gasteiger partial charge in [-0.25, -0.2) is 4.98 Å². The maximum absolute atomic E-state index is 12.5. The number of carbonyl (C=O) groups excluding carboxylic acids is 1. The van der Waals surface area contributed by atoms with Crippen LogP contribution in [-0.2, 0) is 24.3 Å². The zero-order chi connectivity index (χ0) is 20.1. The standard InChI is InChI=1S/C23H27N3O2S/c1-17-7-4-5-11-26(17)15-19-9-3-2-8-18(19)14-24-22(27)13-20-16-29-23(25-20)21-10-6-12-28-21/h2-3,6,8-10,12,16-17H,4-5,7,11,13-15H2,1H3,(H,24,27)/t17-/m1/s1. The molecule has 0 saturated carbocycles. The first-order chi connectivity index (χ1) is 14.2. The third-order valence-electron chi connectivity index (χ3n) is 5.53. The number of piperidine rings is 1. The van der Waals surface area contributed by atoms with Gasteiger partial charge in [-0.1, -0.05) is 30.7 Å². The van der Waals surface area contributed by atoms with Gasteiger partial charge >= 0.3 is 0 Å². The molecule has 29 heavy (non-hydrogen) atoms. The minimum absolute atomic E-state index is 0.0116. The van der Waals surface area contributed by atoms with Crippen molar-refractivity contribution in [3.63, 3.8) is 0 Å². The van der Waals surface area contributed by atoms with Gasteiger partial charge in [0, 0.05) is 24.5 Å². The van der Waals surface area contributed by atoms with Gasteiger partial charge in [0.15, 0.2) is 10.8 Å². The smallest absolute Gasteiger partial charge is 0.226 e. The first kappa shape index (κ1) is 19.9. The molecule has 0 aliphatic carbocycles. The molecule has 152 valence electrons. The van der Waals surface area contributed by atoms with Gasteiger partial charge in [0.1, 0.15) is 0 Å².